The fraction of sp³-hybridized carbons (Fsp3) is 0.310. The molecule has 194 valence electrons. The number of aliphatic imine (C=N–C) groups is 1. The van der Waals surface area contributed by atoms with Gasteiger partial charge in [-0.05, 0) is 60.9 Å². The molecule has 4 rings (SSSR count). The molecule has 0 bridgehead atoms. The molecule has 0 unspecified atom stereocenters. The van der Waals surface area contributed by atoms with E-state index in [2.05, 4.69) is 38.9 Å². The number of benzene rings is 3. The molecular formula is C29H32BrN3O4. The van der Waals surface area contributed by atoms with Gasteiger partial charge in [0.2, 0.25) is 5.90 Å². The minimum absolute atomic E-state index is 0.0886. The Kier molecular flexibility index (Phi) is 9.33. The van der Waals surface area contributed by atoms with E-state index in [0.717, 1.165) is 22.0 Å². The molecule has 1 aliphatic heterocycles. The normalized spacial score (nSPS) is 18.7. The number of rotatable bonds is 12. The van der Waals surface area contributed by atoms with Crippen LogP contribution in [0.25, 0.3) is 0 Å². The molecule has 0 spiro atoms. The zero-order valence-electron chi connectivity index (χ0n) is 20.8. The highest BCUT2D eigenvalue weighted by Crippen LogP contribution is 2.32. The third-order valence-electron chi connectivity index (χ3n) is 6.30. The summed E-state index contributed by atoms with van der Waals surface area (Å²) in [6.45, 7) is 3.00. The van der Waals surface area contributed by atoms with Crippen molar-refractivity contribution in [3.05, 3.63) is 100 Å². The number of aliphatic hydroxyl groups is 1. The summed E-state index contributed by atoms with van der Waals surface area (Å²) >= 11 is 3.45. The zero-order chi connectivity index (χ0) is 26.1. The van der Waals surface area contributed by atoms with Crippen LogP contribution in [-0.4, -0.2) is 48.3 Å². The summed E-state index contributed by atoms with van der Waals surface area (Å²) in [5, 5.41) is 8.93. The maximum Gasteiger partial charge on any atom is 0.266 e. The lowest BCUT2D eigenvalue weighted by molar-refractivity contribution is -0.129. The SMILES string of the molecule is C[C@@H]1OC(c2ccc(OCCCO)cc2)=N[C@]1(Cc1ccccc1)C(=O)NNCCc1ccc(Br)cc1. The largest absolute Gasteiger partial charge is 0.494 e. The van der Waals surface area contributed by atoms with Crippen molar-refractivity contribution in [3.8, 4) is 5.75 Å². The lowest BCUT2D eigenvalue weighted by atomic mass is 9.86. The molecule has 3 aromatic rings. The summed E-state index contributed by atoms with van der Waals surface area (Å²) in [5.74, 6) is 0.890. The van der Waals surface area contributed by atoms with E-state index < -0.39 is 11.6 Å². The van der Waals surface area contributed by atoms with Gasteiger partial charge in [0.1, 0.15) is 11.9 Å². The monoisotopic (exact) mass is 565 g/mol. The lowest BCUT2D eigenvalue weighted by Crippen LogP contribution is -2.56. The predicted octanol–water partition coefficient (Wildman–Crippen LogP) is 4.22. The number of nitrogens with one attached hydrogen (secondary N) is 2. The number of hydrogen-bond acceptors (Lipinski definition) is 6. The lowest BCUT2D eigenvalue weighted by Gasteiger charge is -2.28. The summed E-state index contributed by atoms with van der Waals surface area (Å²) in [5.41, 5.74) is 7.77. The van der Waals surface area contributed by atoms with Crippen LogP contribution in [0.3, 0.4) is 0 Å². The van der Waals surface area contributed by atoms with Crippen LogP contribution in [0, 0.1) is 0 Å². The van der Waals surface area contributed by atoms with Gasteiger partial charge in [-0.1, -0.05) is 58.4 Å². The van der Waals surface area contributed by atoms with Gasteiger partial charge < -0.3 is 14.6 Å². The van der Waals surface area contributed by atoms with Crippen molar-refractivity contribution in [2.24, 2.45) is 4.99 Å². The number of halogens is 1. The molecule has 0 fully saturated rings. The molecule has 0 saturated heterocycles. The molecule has 1 amide bonds. The number of amides is 1. The number of ether oxygens (including phenoxy) is 2. The van der Waals surface area contributed by atoms with Crippen molar-refractivity contribution in [2.75, 3.05) is 19.8 Å². The second-order valence-electron chi connectivity index (χ2n) is 8.97. The van der Waals surface area contributed by atoms with Crippen LogP contribution in [-0.2, 0) is 22.4 Å². The van der Waals surface area contributed by atoms with Gasteiger partial charge in [0.25, 0.3) is 5.91 Å². The van der Waals surface area contributed by atoms with Crippen LogP contribution >= 0.6 is 15.9 Å². The van der Waals surface area contributed by atoms with E-state index in [1.54, 1.807) is 0 Å². The second-order valence-corrected chi connectivity index (χ2v) is 9.89. The van der Waals surface area contributed by atoms with E-state index in [-0.39, 0.29) is 12.5 Å². The smallest absolute Gasteiger partial charge is 0.266 e. The van der Waals surface area contributed by atoms with E-state index in [4.69, 9.17) is 19.6 Å². The Labute approximate surface area is 226 Å². The quantitative estimate of drug-likeness (QED) is 0.226. The molecule has 3 N–H and O–H groups in total. The predicted molar refractivity (Wildman–Crippen MR) is 148 cm³/mol. The first kappa shape index (κ1) is 26.9. The Hall–Kier alpha value is -3.20. The standard InChI is InChI=1S/C29H32BrN3O4/c1-21-29(20-23-6-3-2-4-7-23,28(35)33-31-17-16-22-8-12-25(30)13-9-22)32-27(37-21)24-10-14-26(15-11-24)36-19-5-18-34/h2-4,6-15,21,31,34H,5,16-20H2,1H3,(H,33,35)/t21-,29-/m0/s1. The number of aliphatic hydroxyl groups excluding tert-OH is 1. The summed E-state index contributed by atoms with van der Waals surface area (Å²) < 4.78 is 12.8. The Morgan fingerprint density at radius 1 is 1.05 bits per heavy atom. The Morgan fingerprint density at radius 3 is 2.49 bits per heavy atom. The molecule has 0 saturated carbocycles. The van der Waals surface area contributed by atoms with E-state index in [1.807, 2.05) is 73.7 Å². The number of nitrogens with zero attached hydrogens (tertiary/aromatic N) is 1. The van der Waals surface area contributed by atoms with Crippen LogP contribution in [0.1, 0.15) is 30.0 Å². The van der Waals surface area contributed by atoms with Gasteiger partial charge in [0.15, 0.2) is 5.54 Å². The summed E-state index contributed by atoms with van der Waals surface area (Å²) in [4.78, 5) is 18.5. The Morgan fingerprint density at radius 2 is 1.78 bits per heavy atom. The van der Waals surface area contributed by atoms with E-state index in [9.17, 15) is 4.79 Å². The summed E-state index contributed by atoms with van der Waals surface area (Å²) in [6, 6.07) is 25.4. The fourth-order valence-electron chi connectivity index (χ4n) is 4.16. The molecule has 1 heterocycles. The van der Waals surface area contributed by atoms with Crippen molar-refractivity contribution in [1.29, 1.82) is 0 Å². The first-order valence-electron chi connectivity index (χ1n) is 12.4. The average molecular weight is 566 g/mol. The second kappa shape index (κ2) is 12.9. The van der Waals surface area contributed by atoms with Gasteiger partial charge in [-0.2, -0.15) is 0 Å². The number of hydrazine groups is 1. The maximum atomic E-state index is 13.6. The molecule has 0 radical (unpaired) electrons. The first-order chi connectivity index (χ1) is 18.0. The van der Waals surface area contributed by atoms with Crippen molar-refractivity contribution < 1.29 is 19.4 Å². The molecular weight excluding hydrogens is 534 g/mol. The van der Waals surface area contributed by atoms with Crippen molar-refractivity contribution >= 4 is 27.7 Å². The van der Waals surface area contributed by atoms with Gasteiger partial charge in [0, 0.05) is 36.0 Å². The summed E-state index contributed by atoms with van der Waals surface area (Å²) in [7, 11) is 0. The Balaban J connectivity index is 1.49. The zero-order valence-corrected chi connectivity index (χ0v) is 22.4. The van der Waals surface area contributed by atoms with E-state index in [1.165, 1.54) is 5.56 Å². The first-order valence-corrected chi connectivity index (χ1v) is 13.2. The third-order valence-corrected chi connectivity index (χ3v) is 6.83. The topological polar surface area (TPSA) is 92.2 Å². The van der Waals surface area contributed by atoms with Gasteiger partial charge in [-0.15, -0.1) is 0 Å². The third kappa shape index (κ3) is 6.97. The fourth-order valence-corrected chi connectivity index (χ4v) is 4.42. The number of carbonyl (C=O) groups excluding carboxylic acids is 1. The molecule has 37 heavy (non-hydrogen) atoms. The Bertz CT molecular complexity index is 1190. The molecule has 2 atom stereocenters. The van der Waals surface area contributed by atoms with Gasteiger partial charge in [-0.3, -0.25) is 10.2 Å². The summed E-state index contributed by atoms with van der Waals surface area (Å²) in [6.07, 6.45) is 1.27. The van der Waals surface area contributed by atoms with Gasteiger partial charge in [-0.25, -0.2) is 10.4 Å². The minimum Gasteiger partial charge on any atom is -0.494 e. The van der Waals surface area contributed by atoms with Crippen molar-refractivity contribution in [2.45, 2.75) is 37.8 Å². The highest BCUT2D eigenvalue weighted by Gasteiger charge is 2.50. The molecule has 7 nitrogen and oxygen atoms in total. The minimum atomic E-state index is -1.13. The molecule has 3 aromatic carbocycles. The van der Waals surface area contributed by atoms with Crippen LogP contribution in [0.15, 0.2) is 88.3 Å². The number of hydrogen-bond donors (Lipinski definition) is 3. The average Bonchev–Trinajstić information content (AvgIpc) is 3.25. The highest BCUT2D eigenvalue weighted by molar-refractivity contribution is 9.10. The van der Waals surface area contributed by atoms with Crippen LogP contribution < -0.4 is 15.6 Å². The molecule has 0 aliphatic carbocycles. The van der Waals surface area contributed by atoms with E-state index in [0.29, 0.717) is 37.6 Å². The molecule has 0 aromatic heterocycles. The van der Waals surface area contributed by atoms with E-state index >= 15 is 0 Å². The molecule has 8 heteroatoms. The van der Waals surface area contributed by atoms with Crippen LogP contribution in [0.5, 0.6) is 5.75 Å². The van der Waals surface area contributed by atoms with Crippen LogP contribution in [0.4, 0.5) is 0 Å². The van der Waals surface area contributed by atoms with Crippen LogP contribution in [0.2, 0.25) is 0 Å². The van der Waals surface area contributed by atoms with Crippen molar-refractivity contribution in [3.63, 3.8) is 0 Å². The van der Waals surface area contributed by atoms with Gasteiger partial charge >= 0.3 is 0 Å². The maximum absolute atomic E-state index is 13.6. The highest BCUT2D eigenvalue weighted by atomic mass is 79.9. The van der Waals surface area contributed by atoms with Crippen molar-refractivity contribution in [1.82, 2.24) is 10.9 Å². The van der Waals surface area contributed by atoms with Gasteiger partial charge in [0.05, 0.1) is 6.61 Å². The molecule has 1 aliphatic rings. The number of carbonyl (C=O) groups is 1.